The van der Waals surface area contributed by atoms with Crippen LogP contribution in [0, 0.1) is 5.82 Å². The summed E-state index contributed by atoms with van der Waals surface area (Å²) in [5, 5.41) is 3.28. The van der Waals surface area contributed by atoms with Crippen molar-refractivity contribution < 1.29 is 9.18 Å². The molecule has 118 valence electrons. The first-order valence-corrected chi connectivity index (χ1v) is 7.91. The number of halogens is 1. The van der Waals surface area contributed by atoms with E-state index in [1.54, 1.807) is 54.6 Å². The van der Waals surface area contributed by atoms with Crippen LogP contribution < -0.4 is 5.32 Å². The molecular weight excluding hydrogens is 315 g/mol. The molecule has 0 aliphatic rings. The molecule has 0 aliphatic heterocycles. The lowest BCUT2D eigenvalue weighted by Gasteiger charge is -2.11. The van der Waals surface area contributed by atoms with Crippen molar-refractivity contribution in [2.24, 2.45) is 0 Å². The molecule has 3 rings (SSSR count). The minimum atomic E-state index is -0.378. The fourth-order valence-corrected chi connectivity index (χ4v) is 2.96. The van der Waals surface area contributed by atoms with E-state index in [0.29, 0.717) is 17.1 Å². The van der Waals surface area contributed by atoms with Gasteiger partial charge in [0, 0.05) is 29.9 Å². The van der Waals surface area contributed by atoms with Gasteiger partial charge in [0.05, 0.1) is 6.33 Å². The van der Waals surface area contributed by atoms with Crippen molar-refractivity contribution >= 4 is 22.4 Å². The minimum absolute atomic E-state index is 0.171. The summed E-state index contributed by atoms with van der Waals surface area (Å²) in [6, 6.07) is 6.26. The van der Waals surface area contributed by atoms with Gasteiger partial charge in [-0.25, -0.2) is 14.4 Å². The van der Waals surface area contributed by atoms with Gasteiger partial charge in [-0.15, -0.1) is 11.3 Å². The number of hydrogen-bond donors (Lipinski definition) is 1. The van der Waals surface area contributed by atoms with E-state index in [0.717, 1.165) is 4.88 Å². The molecule has 0 saturated carbocycles. The van der Waals surface area contributed by atoms with E-state index in [-0.39, 0.29) is 17.8 Å². The Balaban J connectivity index is 1.65. The van der Waals surface area contributed by atoms with Crippen LogP contribution in [0.1, 0.15) is 23.4 Å². The van der Waals surface area contributed by atoms with E-state index in [9.17, 15) is 9.18 Å². The average molecular weight is 330 g/mol. The highest BCUT2D eigenvalue weighted by molar-refractivity contribution is 7.15. The largest absolute Gasteiger partial charge is 0.325 e. The molecule has 0 radical (unpaired) electrons. The van der Waals surface area contributed by atoms with Crippen LogP contribution >= 0.6 is 11.3 Å². The summed E-state index contributed by atoms with van der Waals surface area (Å²) in [5.41, 5.74) is 0.612. The quantitative estimate of drug-likeness (QED) is 0.781. The molecule has 1 atom stereocenters. The summed E-state index contributed by atoms with van der Waals surface area (Å²) < 4.78 is 15.4. The Morgan fingerprint density at radius 2 is 2.26 bits per heavy atom. The third-order valence-corrected chi connectivity index (χ3v) is 4.37. The molecular formula is C16H15FN4OS. The van der Waals surface area contributed by atoms with Crippen molar-refractivity contribution in [1.29, 1.82) is 0 Å². The molecule has 7 heteroatoms. The predicted molar refractivity (Wildman–Crippen MR) is 86.9 cm³/mol. The highest BCUT2D eigenvalue weighted by Gasteiger charge is 2.16. The zero-order valence-corrected chi connectivity index (χ0v) is 13.3. The van der Waals surface area contributed by atoms with Gasteiger partial charge in [0.25, 0.3) is 0 Å². The number of rotatable bonds is 5. The van der Waals surface area contributed by atoms with Crippen LogP contribution in [0.4, 0.5) is 9.52 Å². The van der Waals surface area contributed by atoms with Crippen molar-refractivity contribution in [3.8, 4) is 0 Å². The van der Waals surface area contributed by atoms with E-state index in [2.05, 4.69) is 15.3 Å². The molecule has 0 unspecified atom stereocenters. The molecule has 1 aromatic carbocycles. The molecule has 0 spiro atoms. The molecule has 0 saturated heterocycles. The average Bonchev–Trinajstić information content (AvgIpc) is 3.21. The number of anilines is 1. The van der Waals surface area contributed by atoms with E-state index in [1.165, 1.54) is 17.4 Å². The van der Waals surface area contributed by atoms with Crippen LogP contribution in [0.5, 0.6) is 0 Å². The Morgan fingerprint density at radius 1 is 1.43 bits per heavy atom. The number of carbonyl (C=O) groups is 1. The maximum Gasteiger partial charge on any atom is 0.248 e. The SMILES string of the molecule is C[C@@H](C(=O)Nc1ncc(Cc2ccccc2F)s1)n1ccnc1. The van der Waals surface area contributed by atoms with Crippen molar-refractivity contribution in [3.63, 3.8) is 0 Å². The number of nitrogens with one attached hydrogen (secondary N) is 1. The highest BCUT2D eigenvalue weighted by atomic mass is 32.1. The summed E-state index contributed by atoms with van der Waals surface area (Å²) in [6.45, 7) is 1.78. The lowest BCUT2D eigenvalue weighted by Crippen LogP contribution is -2.22. The van der Waals surface area contributed by atoms with Gasteiger partial charge in [0.1, 0.15) is 11.9 Å². The summed E-state index contributed by atoms with van der Waals surface area (Å²) in [5.74, 6) is -0.407. The van der Waals surface area contributed by atoms with Crippen molar-refractivity contribution in [1.82, 2.24) is 14.5 Å². The van der Waals surface area contributed by atoms with E-state index >= 15 is 0 Å². The third-order valence-electron chi connectivity index (χ3n) is 3.46. The Kier molecular flexibility index (Phi) is 4.47. The van der Waals surface area contributed by atoms with Crippen LogP contribution in [-0.2, 0) is 11.2 Å². The molecule has 5 nitrogen and oxygen atoms in total. The second-order valence-corrected chi connectivity index (χ2v) is 6.19. The number of benzene rings is 1. The molecule has 3 aromatic rings. The minimum Gasteiger partial charge on any atom is -0.325 e. The fourth-order valence-electron chi connectivity index (χ4n) is 2.12. The highest BCUT2D eigenvalue weighted by Crippen LogP contribution is 2.23. The van der Waals surface area contributed by atoms with Crippen LogP contribution in [0.25, 0.3) is 0 Å². The number of amides is 1. The number of thiazole rings is 1. The smallest absolute Gasteiger partial charge is 0.248 e. The van der Waals surface area contributed by atoms with Gasteiger partial charge >= 0.3 is 0 Å². The summed E-state index contributed by atoms with van der Waals surface area (Å²) in [6.07, 6.45) is 7.07. The Morgan fingerprint density at radius 3 is 3.00 bits per heavy atom. The van der Waals surface area contributed by atoms with E-state index in [1.807, 2.05) is 0 Å². The second-order valence-electron chi connectivity index (χ2n) is 5.08. The number of aromatic nitrogens is 3. The zero-order valence-electron chi connectivity index (χ0n) is 12.4. The van der Waals surface area contributed by atoms with E-state index in [4.69, 9.17) is 0 Å². The van der Waals surface area contributed by atoms with Crippen LogP contribution in [0.3, 0.4) is 0 Å². The molecule has 0 bridgehead atoms. The Bertz CT molecular complexity index is 800. The zero-order chi connectivity index (χ0) is 16.2. The van der Waals surface area contributed by atoms with Crippen molar-refractivity contribution in [3.05, 3.63) is 65.4 Å². The Labute approximate surface area is 136 Å². The molecule has 0 fully saturated rings. The second kappa shape index (κ2) is 6.70. The molecule has 1 N–H and O–H groups in total. The maximum atomic E-state index is 13.7. The number of nitrogens with zero attached hydrogens (tertiary/aromatic N) is 3. The molecule has 23 heavy (non-hydrogen) atoms. The van der Waals surface area contributed by atoms with Crippen LogP contribution in [0.2, 0.25) is 0 Å². The lowest BCUT2D eigenvalue weighted by molar-refractivity contribution is -0.118. The van der Waals surface area contributed by atoms with E-state index < -0.39 is 0 Å². The number of hydrogen-bond acceptors (Lipinski definition) is 4. The monoisotopic (exact) mass is 330 g/mol. The fraction of sp³-hybridized carbons (Fsp3) is 0.188. The predicted octanol–water partition coefficient (Wildman–Crippen LogP) is 3.27. The van der Waals surface area contributed by atoms with Crippen molar-refractivity contribution in [2.45, 2.75) is 19.4 Å². The lowest BCUT2D eigenvalue weighted by atomic mass is 10.1. The van der Waals surface area contributed by atoms with Gasteiger partial charge in [-0.05, 0) is 18.6 Å². The van der Waals surface area contributed by atoms with Gasteiger partial charge in [0.2, 0.25) is 5.91 Å². The van der Waals surface area contributed by atoms with Gasteiger partial charge in [-0.2, -0.15) is 0 Å². The standard InChI is InChI=1S/C16H15FN4OS/c1-11(21-7-6-18-10-21)15(22)20-16-19-9-13(23-16)8-12-4-2-3-5-14(12)17/h2-7,9-11H,8H2,1H3,(H,19,20,22)/t11-/m0/s1. The van der Waals surface area contributed by atoms with Gasteiger partial charge in [-0.3, -0.25) is 4.79 Å². The number of imidazole rings is 1. The Hall–Kier alpha value is -2.54. The normalized spacial score (nSPS) is 12.1. The first-order valence-electron chi connectivity index (χ1n) is 7.10. The first-order chi connectivity index (χ1) is 11.1. The van der Waals surface area contributed by atoms with Gasteiger partial charge in [-0.1, -0.05) is 18.2 Å². The first kappa shape index (κ1) is 15.4. The molecule has 2 aromatic heterocycles. The maximum absolute atomic E-state index is 13.7. The van der Waals surface area contributed by atoms with Crippen LogP contribution in [-0.4, -0.2) is 20.4 Å². The summed E-state index contributed by atoms with van der Waals surface area (Å²) >= 11 is 1.34. The molecule has 0 aliphatic carbocycles. The summed E-state index contributed by atoms with van der Waals surface area (Å²) in [4.78, 5) is 21.2. The molecule has 1 amide bonds. The topological polar surface area (TPSA) is 59.8 Å². The third kappa shape index (κ3) is 3.62. The molecule has 2 heterocycles. The van der Waals surface area contributed by atoms with Gasteiger partial charge < -0.3 is 9.88 Å². The van der Waals surface area contributed by atoms with Gasteiger partial charge in [0.15, 0.2) is 5.13 Å². The van der Waals surface area contributed by atoms with Crippen LogP contribution in [0.15, 0.2) is 49.2 Å². The van der Waals surface area contributed by atoms with Crippen molar-refractivity contribution in [2.75, 3.05) is 5.32 Å². The number of carbonyl (C=O) groups excluding carboxylic acids is 1. The summed E-state index contributed by atoms with van der Waals surface area (Å²) in [7, 11) is 0.